The van der Waals surface area contributed by atoms with Crippen LogP contribution in [0.1, 0.15) is 20.7 Å². The monoisotopic (exact) mass is 219 g/mol. The molecule has 0 fully saturated rings. The number of hydrogen-bond donors (Lipinski definition) is 1. The Hall–Kier alpha value is -1.06. The Kier molecular flexibility index (Phi) is 3.91. The first-order valence-electron chi connectivity index (χ1n) is 3.24. The summed E-state index contributed by atoms with van der Waals surface area (Å²) in [5.74, 6) is -0.601. The molecule has 2 amide bonds. The Morgan fingerprint density at radius 2 is 1.23 bits per heavy atom. The second-order valence-corrected chi connectivity index (χ2v) is 2.33. The quantitative estimate of drug-likeness (QED) is 0.672. The molecular weight excluding hydrogens is 213 g/mol. The standard InChI is InChI=1S/C8H5NO2.2ClH/c10-7-5-3-1-2-4-6(5)8(11)9-7;;/h1-4H,(H,9,10,11);2*1H. The maximum atomic E-state index is 10.9. The summed E-state index contributed by atoms with van der Waals surface area (Å²) in [6, 6.07) is 6.74. The number of carbonyl (C=O) groups is 2. The van der Waals surface area contributed by atoms with Gasteiger partial charge in [0.15, 0.2) is 0 Å². The third kappa shape index (κ3) is 1.82. The molecule has 1 N–H and O–H groups in total. The fraction of sp³-hybridized carbons (Fsp3) is 0. The van der Waals surface area contributed by atoms with E-state index < -0.39 is 0 Å². The highest BCUT2D eigenvalue weighted by Crippen LogP contribution is 2.13. The van der Waals surface area contributed by atoms with Crippen LogP contribution in [0.3, 0.4) is 0 Å². The van der Waals surface area contributed by atoms with Crippen molar-refractivity contribution in [3.05, 3.63) is 35.4 Å². The van der Waals surface area contributed by atoms with Crippen molar-refractivity contribution in [3.8, 4) is 0 Å². The average molecular weight is 220 g/mol. The Morgan fingerprint density at radius 3 is 1.62 bits per heavy atom. The molecule has 0 unspecified atom stereocenters. The lowest BCUT2D eigenvalue weighted by atomic mass is 10.1. The van der Waals surface area contributed by atoms with Crippen molar-refractivity contribution in [3.63, 3.8) is 0 Å². The summed E-state index contributed by atoms with van der Waals surface area (Å²) >= 11 is 0. The molecule has 1 aromatic carbocycles. The minimum absolute atomic E-state index is 0. The lowest BCUT2D eigenvalue weighted by Crippen LogP contribution is -2.19. The molecule has 0 aromatic heterocycles. The van der Waals surface area contributed by atoms with Crippen LogP contribution in [-0.4, -0.2) is 11.8 Å². The number of hydrogen-bond acceptors (Lipinski definition) is 2. The molecule has 0 atom stereocenters. The van der Waals surface area contributed by atoms with Gasteiger partial charge in [-0.2, -0.15) is 0 Å². The van der Waals surface area contributed by atoms with Gasteiger partial charge in [-0.3, -0.25) is 14.9 Å². The van der Waals surface area contributed by atoms with E-state index in [0.29, 0.717) is 11.1 Å². The number of imide groups is 1. The van der Waals surface area contributed by atoms with Gasteiger partial charge in [-0.25, -0.2) is 0 Å². The molecular formula is C8H7Cl2NO2. The first-order valence-corrected chi connectivity index (χ1v) is 3.24. The van der Waals surface area contributed by atoms with Crippen molar-refractivity contribution in [1.29, 1.82) is 0 Å². The molecule has 1 aromatic rings. The van der Waals surface area contributed by atoms with E-state index in [0.717, 1.165) is 0 Å². The number of halogens is 2. The molecule has 0 radical (unpaired) electrons. The highest BCUT2D eigenvalue weighted by atomic mass is 35.5. The minimum atomic E-state index is -0.300. The van der Waals surface area contributed by atoms with Gasteiger partial charge >= 0.3 is 0 Å². The SMILES string of the molecule is Cl.Cl.O=C1NC(=O)c2ccccc21. The van der Waals surface area contributed by atoms with E-state index in [4.69, 9.17) is 0 Å². The summed E-state index contributed by atoms with van der Waals surface area (Å²) in [5, 5.41) is 2.20. The average Bonchev–Trinajstić information content (AvgIpc) is 2.30. The van der Waals surface area contributed by atoms with Gasteiger partial charge in [0.25, 0.3) is 11.8 Å². The molecule has 0 bridgehead atoms. The highest BCUT2D eigenvalue weighted by Gasteiger charge is 2.25. The zero-order chi connectivity index (χ0) is 7.84. The van der Waals surface area contributed by atoms with E-state index >= 15 is 0 Å². The lowest BCUT2D eigenvalue weighted by molar-refractivity contribution is 0.0879. The molecule has 0 saturated heterocycles. The number of rotatable bonds is 0. The zero-order valence-electron chi connectivity index (χ0n) is 6.44. The van der Waals surface area contributed by atoms with Crippen LogP contribution in [0.4, 0.5) is 0 Å². The molecule has 2 rings (SSSR count). The van der Waals surface area contributed by atoms with E-state index in [1.54, 1.807) is 24.3 Å². The van der Waals surface area contributed by atoms with Crippen molar-refractivity contribution < 1.29 is 9.59 Å². The van der Waals surface area contributed by atoms with Crippen LogP contribution < -0.4 is 5.32 Å². The van der Waals surface area contributed by atoms with Gasteiger partial charge in [0, 0.05) is 0 Å². The number of amides is 2. The molecule has 1 aliphatic heterocycles. The zero-order valence-corrected chi connectivity index (χ0v) is 8.08. The normalized spacial score (nSPS) is 12.3. The molecule has 0 spiro atoms. The van der Waals surface area contributed by atoms with Crippen LogP contribution in [0.25, 0.3) is 0 Å². The van der Waals surface area contributed by atoms with E-state index in [2.05, 4.69) is 5.32 Å². The third-order valence-electron chi connectivity index (χ3n) is 1.64. The van der Waals surface area contributed by atoms with Gasteiger partial charge in [-0.05, 0) is 12.1 Å². The Labute approximate surface area is 87.3 Å². The predicted octanol–water partition coefficient (Wildman–Crippen LogP) is 1.41. The van der Waals surface area contributed by atoms with Gasteiger partial charge in [-0.1, -0.05) is 12.1 Å². The largest absolute Gasteiger partial charge is 0.288 e. The van der Waals surface area contributed by atoms with Crippen molar-refractivity contribution in [1.82, 2.24) is 5.32 Å². The van der Waals surface area contributed by atoms with E-state index in [9.17, 15) is 9.59 Å². The fourth-order valence-corrected chi connectivity index (χ4v) is 1.12. The first kappa shape index (κ1) is 11.9. The lowest BCUT2D eigenvalue weighted by Gasteiger charge is -1.88. The van der Waals surface area contributed by atoms with Crippen LogP contribution in [0.5, 0.6) is 0 Å². The van der Waals surface area contributed by atoms with E-state index in [1.165, 1.54) is 0 Å². The maximum absolute atomic E-state index is 10.9. The van der Waals surface area contributed by atoms with Gasteiger partial charge in [0.1, 0.15) is 0 Å². The van der Waals surface area contributed by atoms with Crippen LogP contribution >= 0.6 is 24.8 Å². The molecule has 70 valence electrons. The summed E-state index contributed by atoms with van der Waals surface area (Å²) in [6.45, 7) is 0. The highest BCUT2D eigenvalue weighted by molar-refractivity contribution is 6.21. The molecule has 13 heavy (non-hydrogen) atoms. The van der Waals surface area contributed by atoms with Crippen molar-refractivity contribution in [2.45, 2.75) is 0 Å². The molecule has 0 saturated carbocycles. The summed E-state index contributed by atoms with van der Waals surface area (Å²) < 4.78 is 0. The molecule has 5 heteroatoms. The summed E-state index contributed by atoms with van der Waals surface area (Å²) in [5.41, 5.74) is 0.940. The summed E-state index contributed by atoms with van der Waals surface area (Å²) in [7, 11) is 0. The number of benzene rings is 1. The van der Waals surface area contributed by atoms with Crippen LogP contribution in [0, 0.1) is 0 Å². The van der Waals surface area contributed by atoms with Crippen molar-refractivity contribution in [2.24, 2.45) is 0 Å². The number of fused-ring (bicyclic) bond motifs is 1. The minimum Gasteiger partial charge on any atom is -0.288 e. The van der Waals surface area contributed by atoms with Crippen molar-refractivity contribution >= 4 is 36.6 Å². The van der Waals surface area contributed by atoms with Crippen molar-refractivity contribution in [2.75, 3.05) is 0 Å². The fourth-order valence-electron chi connectivity index (χ4n) is 1.12. The number of carbonyl (C=O) groups excluding carboxylic acids is 2. The van der Waals surface area contributed by atoms with Crippen LogP contribution in [0.2, 0.25) is 0 Å². The van der Waals surface area contributed by atoms with E-state index in [1.807, 2.05) is 0 Å². The van der Waals surface area contributed by atoms with Gasteiger partial charge in [-0.15, -0.1) is 24.8 Å². The Morgan fingerprint density at radius 1 is 0.846 bits per heavy atom. The van der Waals surface area contributed by atoms with Gasteiger partial charge < -0.3 is 0 Å². The molecule has 3 nitrogen and oxygen atoms in total. The third-order valence-corrected chi connectivity index (χ3v) is 1.64. The van der Waals surface area contributed by atoms with E-state index in [-0.39, 0.29) is 36.6 Å². The maximum Gasteiger partial charge on any atom is 0.258 e. The Balaban J connectivity index is 0.000000720. The summed E-state index contributed by atoms with van der Waals surface area (Å²) in [6.07, 6.45) is 0. The predicted molar refractivity (Wildman–Crippen MR) is 52.7 cm³/mol. The second-order valence-electron chi connectivity index (χ2n) is 2.33. The molecule has 1 aliphatic rings. The topological polar surface area (TPSA) is 46.2 Å². The van der Waals surface area contributed by atoms with Gasteiger partial charge in [0.05, 0.1) is 11.1 Å². The first-order chi connectivity index (χ1) is 5.29. The number of nitrogens with one attached hydrogen (secondary N) is 1. The smallest absolute Gasteiger partial charge is 0.258 e. The molecule has 0 aliphatic carbocycles. The van der Waals surface area contributed by atoms with Crippen LogP contribution in [-0.2, 0) is 0 Å². The molecule has 1 heterocycles. The van der Waals surface area contributed by atoms with Crippen LogP contribution in [0.15, 0.2) is 24.3 Å². The van der Waals surface area contributed by atoms with Gasteiger partial charge in [0.2, 0.25) is 0 Å². The Bertz CT molecular complexity index is 319. The summed E-state index contributed by atoms with van der Waals surface area (Å²) in [4.78, 5) is 21.9. The second kappa shape index (κ2) is 4.25.